The maximum absolute atomic E-state index is 12.3. The molecule has 2 rings (SSSR count). The minimum atomic E-state index is -0.841. The Kier molecular flexibility index (Phi) is 3.45. The Labute approximate surface area is 96.1 Å². The lowest BCUT2D eigenvalue weighted by Crippen LogP contribution is -2.21. The molecule has 8 heteroatoms. The lowest BCUT2D eigenvalue weighted by atomic mass is 10.4. The summed E-state index contributed by atoms with van der Waals surface area (Å²) in [6, 6.07) is 0. The van der Waals surface area contributed by atoms with E-state index in [1.165, 1.54) is 12.7 Å². The summed E-state index contributed by atoms with van der Waals surface area (Å²) in [5.41, 5.74) is 6.59. The van der Waals surface area contributed by atoms with Crippen molar-refractivity contribution in [2.75, 3.05) is 19.0 Å². The van der Waals surface area contributed by atoms with Crippen molar-refractivity contribution in [2.24, 2.45) is 0 Å². The Hall–Kier alpha value is -1.80. The molecule has 92 valence electrons. The van der Waals surface area contributed by atoms with Crippen LogP contribution in [0.3, 0.4) is 0 Å². The Morgan fingerprint density at radius 3 is 3.00 bits per heavy atom. The zero-order valence-corrected chi connectivity index (χ0v) is 8.95. The van der Waals surface area contributed by atoms with Crippen LogP contribution in [0.15, 0.2) is 12.7 Å². The minimum absolute atomic E-state index is 0.0438. The molecule has 2 heterocycles. The van der Waals surface area contributed by atoms with E-state index in [1.807, 2.05) is 0 Å². The summed E-state index contributed by atoms with van der Waals surface area (Å²) in [6.45, 7) is -1.08. The van der Waals surface area contributed by atoms with Crippen LogP contribution in [-0.2, 0) is 11.5 Å². The van der Waals surface area contributed by atoms with Gasteiger partial charge in [-0.25, -0.2) is 19.3 Å². The molecule has 7 nitrogen and oxygen atoms in total. The van der Waals surface area contributed by atoms with Gasteiger partial charge in [0.05, 0.1) is 12.9 Å². The average molecular weight is 241 g/mol. The first kappa shape index (κ1) is 11.7. The number of ether oxygens (including phenoxy) is 1. The van der Waals surface area contributed by atoms with Crippen LogP contribution >= 0.6 is 0 Å². The first-order valence-corrected chi connectivity index (χ1v) is 4.96. The van der Waals surface area contributed by atoms with Crippen LogP contribution in [0.1, 0.15) is 0 Å². The highest BCUT2D eigenvalue weighted by molar-refractivity contribution is 5.80. The second-order valence-electron chi connectivity index (χ2n) is 3.40. The fourth-order valence-electron chi connectivity index (χ4n) is 1.32. The molecule has 0 amide bonds. The van der Waals surface area contributed by atoms with Gasteiger partial charge in [-0.15, -0.1) is 0 Å². The predicted octanol–water partition coefficient (Wildman–Crippen LogP) is -0.287. The fourth-order valence-corrected chi connectivity index (χ4v) is 1.32. The summed E-state index contributed by atoms with van der Waals surface area (Å²) < 4.78 is 19.0. The van der Waals surface area contributed by atoms with Gasteiger partial charge in [-0.1, -0.05) is 0 Å². The maximum Gasteiger partial charge on any atom is 0.167 e. The van der Waals surface area contributed by atoms with Crippen molar-refractivity contribution in [3.63, 3.8) is 0 Å². The number of aromatic nitrogens is 4. The van der Waals surface area contributed by atoms with Gasteiger partial charge in [0.15, 0.2) is 11.5 Å². The van der Waals surface area contributed by atoms with Crippen LogP contribution in [0.5, 0.6) is 0 Å². The van der Waals surface area contributed by atoms with Crippen molar-refractivity contribution >= 4 is 17.0 Å². The third-order valence-electron chi connectivity index (χ3n) is 2.25. The molecule has 0 saturated heterocycles. The first-order chi connectivity index (χ1) is 8.26. The highest BCUT2D eigenvalue weighted by Gasteiger charge is 2.10. The van der Waals surface area contributed by atoms with Crippen LogP contribution in [0.2, 0.25) is 0 Å². The highest BCUT2D eigenvalue weighted by atomic mass is 19.1. The fraction of sp³-hybridized carbons (Fsp3) is 0.444. The van der Waals surface area contributed by atoms with Gasteiger partial charge in [0, 0.05) is 0 Å². The SMILES string of the molecule is Nc1ncnc2c1ncn2CO[C@H](CO)CF. The minimum Gasteiger partial charge on any atom is -0.394 e. The summed E-state index contributed by atoms with van der Waals surface area (Å²) in [7, 11) is 0. The van der Waals surface area contributed by atoms with Crippen LogP contribution in [0.25, 0.3) is 11.2 Å². The van der Waals surface area contributed by atoms with Gasteiger partial charge >= 0.3 is 0 Å². The number of halogens is 1. The number of aliphatic hydroxyl groups excluding tert-OH is 1. The molecule has 2 aromatic heterocycles. The zero-order chi connectivity index (χ0) is 12.3. The molecule has 0 saturated carbocycles. The summed E-state index contributed by atoms with van der Waals surface area (Å²) in [5, 5.41) is 8.78. The van der Waals surface area contributed by atoms with E-state index in [0.29, 0.717) is 11.2 Å². The van der Waals surface area contributed by atoms with Crippen LogP contribution < -0.4 is 5.73 Å². The van der Waals surface area contributed by atoms with Gasteiger partial charge in [0.1, 0.15) is 31.4 Å². The van der Waals surface area contributed by atoms with E-state index >= 15 is 0 Å². The Bertz CT molecular complexity index is 499. The molecule has 1 atom stereocenters. The molecule has 0 spiro atoms. The van der Waals surface area contributed by atoms with E-state index < -0.39 is 12.8 Å². The van der Waals surface area contributed by atoms with E-state index in [2.05, 4.69) is 15.0 Å². The molecule has 0 aliphatic carbocycles. The third-order valence-corrected chi connectivity index (χ3v) is 2.25. The molecule has 0 aromatic carbocycles. The topological polar surface area (TPSA) is 99.1 Å². The first-order valence-electron chi connectivity index (χ1n) is 4.96. The van der Waals surface area contributed by atoms with E-state index in [-0.39, 0.29) is 19.2 Å². The molecule has 17 heavy (non-hydrogen) atoms. The van der Waals surface area contributed by atoms with Crippen LogP contribution in [0, 0.1) is 0 Å². The standard InChI is InChI=1S/C9H12FN5O2/c10-1-6(2-16)17-5-15-4-14-7-8(11)12-3-13-9(7)15/h3-4,6,16H,1-2,5H2,(H2,11,12,13)/t6-/m0/s1. The van der Waals surface area contributed by atoms with E-state index in [9.17, 15) is 4.39 Å². The number of nitrogens with zero attached hydrogens (tertiary/aromatic N) is 4. The van der Waals surface area contributed by atoms with Crippen LogP contribution in [-0.4, -0.2) is 44.0 Å². The maximum atomic E-state index is 12.3. The molecule has 2 aromatic rings. The van der Waals surface area contributed by atoms with Gasteiger partial charge in [-0.2, -0.15) is 0 Å². The Balaban J connectivity index is 2.17. The molecule has 0 aliphatic rings. The number of rotatable bonds is 5. The van der Waals surface area contributed by atoms with Gasteiger partial charge in [0.2, 0.25) is 0 Å². The largest absolute Gasteiger partial charge is 0.394 e. The van der Waals surface area contributed by atoms with Crippen LogP contribution in [0.4, 0.5) is 10.2 Å². The zero-order valence-electron chi connectivity index (χ0n) is 8.95. The second kappa shape index (κ2) is 5.02. The van der Waals surface area contributed by atoms with E-state index in [1.54, 1.807) is 4.57 Å². The summed E-state index contributed by atoms with van der Waals surface area (Å²) in [4.78, 5) is 11.8. The lowest BCUT2D eigenvalue weighted by molar-refractivity contribution is -0.0336. The number of fused-ring (bicyclic) bond motifs is 1. The number of alkyl halides is 1. The van der Waals surface area contributed by atoms with Gasteiger partial charge in [-0.3, -0.25) is 4.57 Å². The number of imidazole rings is 1. The molecule has 0 aliphatic heterocycles. The number of hydrogen-bond donors (Lipinski definition) is 2. The second-order valence-corrected chi connectivity index (χ2v) is 3.40. The normalized spacial score (nSPS) is 13.1. The predicted molar refractivity (Wildman–Crippen MR) is 57.7 cm³/mol. The van der Waals surface area contributed by atoms with E-state index in [0.717, 1.165) is 0 Å². The van der Waals surface area contributed by atoms with Crippen molar-refractivity contribution in [3.05, 3.63) is 12.7 Å². The number of hydrogen-bond acceptors (Lipinski definition) is 6. The quantitative estimate of drug-likeness (QED) is 0.746. The van der Waals surface area contributed by atoms with Gasteiger partial charge < -0.3 is 15.6 Å². The molecule has 0 fully saturated rings. The van der Waals surface area contributed by atoms with Crippen molar-refractivity contribution in [2.45, 2.75) is 12.8 Å². The molecule has 3 N–H and O–H groups in total. The van der Waals surface area contributed by atoms with Gasteiger partial charge in [0.25, 0.3) is 0 Å². The highest BCUT2D eigenvalue weighted by Crippen LogP contribution is 2.14. The van der Waals surface area contributed by atoms with E-state index in [4.69, 9.17) is 15.6 Å². The van der Waals surface area contributed by atoms with Crippen molar-refractivity contribution in [1.82, 2.24) is 19.5 Å². The number of anilines is 1. The summed E-state index contributed by atoms with van der Waals surface area (Å²) in [6.07, 6.45) is 1.95. The molecular weight excluding hydrogens is 229 g/mol. The summed E-state index contributed by atoms with van der Waals surface area (Å²) in [5.74, 6) is 0.276. The molecule has 0 radical (unpaired) electrons. The Morgan fingerprint density at radius 2 is 2.29 bits per heavy atom. The monoisotopic (exact) mass is 241 g/mol. The Morgan fingerprint density at radius 1 is 1.47 bits per heavy atom. The third kappa shape index (κ3) is 2.32. The number of aliphatic hydroxyl groups is 1. The number of nitrogens with two attached hydrogens (primary N) is 1. The van der Waals surface area contributed by atoms with Crippen molar-refractivity contribution < 1.29 is 14.2 Å². The van der Waals surface area contributed by atoms with Crippen molar-refractivity contribution in [1.29, 1.82) is 0 Å². The number of nitrogen functional groups attached to an aromatic ring is 1. The molecule has 0 bridgehead atoms. The van der Waals surface area contributed by atoms with Crippen molar-refractivity contribution in [3.8, 4) is 0 Å². The summed E-state index contributed by atoms with van der Waals surface area (Å²) >= 11 is 0. The smallest absolute Gasteiger partial charge is 0.167 e. The average Bonchev–Trinajstić information content (AvgIpc) is 2.75. The molecular formula is C9H12FN5O2. The van der Waals surface area contributed by atoms with Gasteiger partial charge in [-0.05, 0) is 0 Å². The lowest BCUT2D eigenvalue weighted by Gasteiger charge is -2.11. The molecule has 0 unspecified atom stereocenters.